The number of benzene rings is 1. The Morgan fingerprint density at radius 3 is 2.52 bits per heavy atom. The van der Waals surface area contributed by atoms with Gasteiger partial charge in [0.05, 0.1) is 12.0 Å². The summed E-state index contributed by atoms with van der Waals surface area (Å²) >= 11 is 0. The lowest BCUT2D eigenvalue weighted by molar-refractivity contribution is -0.132. The average Bonchev–Trinajstić information content (AvgIpc) is 2.65. The summed E-state index contributed by atoms with van der Waals surface area (Å²) in [6, 6.07) is 8.08. The van der Waals surface area contributed by atoms with Crippen molar-refractivity contribution in [2.45, 2.75) is 24.4 Å². The molecule has 0 aliphatic rings. The maximum Gasteiger partial charge on any atom is 0.261 e. The van der Waals surface area contributed by atoms with E-state index in [0.29, 0.717) is 11.3 Å². The van der Waals surface area contributed by atoms with E-state index >= 15 is 0 Å². The number of rotatable bonds is 7. The van der Waals surface area contributed by atoms with Gasteiger partial charge in [0.2, 0.25) is 10.0 Å². The zero-order chi connectivity index (χ0) is 18.4. The van der Waals surface area contributed by atoms with Crippen LogP contribution in [0, 0.1) is 0 Å². The van der Waals surface area contributed by atoms with Crippen LogP contribution in [0.15, 0.2) is 53.7 Å². The van der Waals surface area contributed by atoms with Crippen molar-refractivity contribution < 1.29 is 23.2 Å². The van der Waals surface area contributed by atoms with Crippen molar-refractivity contribution in [3.05, 3.63) is 54.4 Å². The standard InChI is InChI=1S/C16H19N3O5S/c1-12(16(20)18-21)19(11-13-4-3-9-17-10-13)25(22,23)15-7-5-14(24-2)6-8-15/h3-10,12,21H,11H2,1-2H3,(H,18,20)/t12-/m0/s1. The van der Waals surface area contributed by atoms with E-state index in [-0.39, 0.29) is 11.4 Å². The molecule has 0 fully saturated rings. The first kappa shape index (κ1) is 18.8. The third-order valence-corrected chi connectivity index (χ3v) is 5.58. The molecule has 134 valence electrons. The van der Waals surface area contributed by atoms with Gasteiger partial charge in [-0.1, -0.05) is 6.07 Å². The molecule has 0 bridgehead atoms. The molecule has 1 atom stereocenters. The van der Waals surface area contributed by atoms with Crippen LogP contribution in [0.25, 0.3) is 0 Å². The normalized spacial score (nSPS) is 12.6. The molecule has 1 aromatic heterocycles. The fourth-order valence-electron chi connectivity index (χ4n) is 2.21. The van der Waals surface area contributed by atoms with Crippen molar-refractivity contribution in [3.63, 3.8) is 0 Å². The smallest absolute Gasteiger partial charge is 0.261 e. The minimum atomic E-state index is -4.00. The first-order valence-electron chi connectivity index (χ1n) is 7.39. The molecule has 0 saturated carbocycles. The Morgan fingerprint density at radius 2 is 2.00 bits per heavy atom. The lowest BCUT2D eigenvalue weighted by Gasteiger charge is -2.27. The summed E-state index contributed by atoms with van der Waals surface area (Å²) in [5, 5.41) is 8.87. The predicted octanol–water partition coefficient (Wildman–Crippen LogP) is 1.17. The van der Waals surface area contributed by atoms with Crippen LogP contribution in [-0.2, 0) is 21.4 Å². The number of hydroxylamine groups is 1. The Kier molecular flexibility index (Phi) is 6.07. The van der Waals surface area contributed by atoms with Crippen molar-refractivity contribution >= 4 is 15.9 Å². The number of carbonyl (C=O) groups is 1. The Morgan fingerprint density at radius 1 is 1.32 bits per heavy atom. The predicted molar refractivity (Wildman–Crippen MR) is 89.4 cm³/mol. The van der Waals surface area contributed by atoms with Crippen LogP contribution < -0.4 is 10.2 Å². The molecule has 0 aliphatic carbocycles. The number of amides is 1. The molecule has 1 amide bonds. The van der Waals surface area contributed by atoms with E-state index in [1.807, 2.05) is 0 Å². The summed E-state index contributed by atoms with van der Waals surface area (Å²) in [5.74, 6) is -0.320. The number of pyridine rings is 1. The van der Waals surface area contributed by atoms with Crippen molar-refractivity contribution in [1.82, 2.24) is 14.8 Å². The number of aromatic nitrogens is 1. The van der Waals surface area contributed by atoms with Crippen molar-refractivity contribution in [2.24, 2.45) is 0 Å². The third kappa shape index (κ3) is 4.32. The van der Waals surface area contributed by atoms with Crippen molar-refractivity contribution in [1.29, 1.82) is 0 Å². The maximum absolute atomic E-state index is 13.0. The minimum Gasteiger partial charge on any atom is -0.497 e. The lowest BCUT2D eigenvalue weighted by atomic mass is 10.2. The average molecular weight is 365 g/mol. The number of methoxy groups -OCH3 is 1. The molecule has 9 heteroatoms. The summed E-state index contributed by atoms with van der Waals surface area (Å²) in [7, 11) is -2.52. The number of nitrogens with zero attached hydrogens (tertiary/aromatic N) is 2. The zero-order valence-electron chi connectivity index (χ0n) is 13.8. The Labute approximate surface area is 146 Å². The summed E-state index contributed by atoms with van der Waals surface area (Å²) in [6.07, 6.45) is 3.08. The molecule has 0 saturated heterocycles. The molecular weight excluding hydrogens is 346 g/mol. The maximum atomic E-state index is 13.0. The van der Waals surface area contributed by atoms with E-state index in [0.717, 1.165) is 4.31 Å². The first-order valence-corrected chi connectivity index (χ1v) is 8.83. The van der Waals surface area contributed by atoms with Crippen LogP contribution in [0.4, 0.5) is 0 Å². The van der Waals surface area contributed by atoms with Gasteiger partial charge < -0.3 is 4.74 Å². The molecule has 0 spiro atoms. The Bertz CT molecular complexity index is 809. The van der Waals surface area contributed by atoms with Gasteiger partial charge in [-0.15, -0.1) is 0 Å². The van der Waals surface area contributed by atoms with Crippen LogP contribution in [-0.4, -0.2) is 42.0 Å². The first-order chi connectivity index (χ1) is 11.9. The zero-order valence-corrected chi connectivity index (χ0v) is 14.6. The molecule has 1 aromatic carbocycles. The quantitative estimate of drug-likeness (QED) is 0.563. The van der Waals surface area contributed by atoms with E-state index in [2.05, 4.69) is 4.98 Å². The van der Waals surface area contributed by atoms with Crippen LogP contribution in [0.2, 0.25) is 0 Å². The number of carbonyl (C=O) groups excluding carboxylic acids is 1. The fourth-order valence-corrected chi connectivity index (χ4v) is 3.79. The van der Waals surface area contributed by atoms with E-state index in [1.54, 1.807) is 18.3 Å². The van der Waals surface area contributed by atoms with Gasteiger partial charge in [0.15, 0.2) is 0 Å². The van der Waals surface area contributed by atoms with Gasteiger partial charge in [-0.25, -0.2) is 13.9 Å². The molecule has 8 nitrogen and oxygen atoms in total. The van der Waals surface area contributed by atoms with Gasteiger partial charge in [-0.2, -0.15) is 4.31 Å². The lowest BCUT2D eigenvalue weighted by Crippen LogP contribution is -2.46. The van der Waals surface area contributed by atoms with Gasteiger partial charge in [0.25, 0.3) is 5.91 Å². The topological polar surface area (TPSA) is 109 Å². The van der Waals surface area contributed by atoms with E-state index in [4.69, 9.17) is 9.94 Å². The van der Waals surface area contributed by atoms with Gasteiger partial charge in [0.1, 0.15) is 11.8 Å². The van der Waals surface area contributed by atoms with E-state index in [9.17, 15) is 13.2 Å². The summed E-state index contributed by atoms with van der Waals surface area (Å²) in [6.45, 7) is 1.32. The van der Waals surface area contributed by atoms with E-state index in [1.165, 1.54) is 50.0 Å². The number of hydrogen-bond acceptors (Lipinski definition) is 6. The highest BCUT2D eigenvalue weighted by atomic mass is 32.2. The second-order valence-corrected chi connectivity index (χ2v) is 7.13. The number of hydrogen-bond donors (Lipinski definition) is 2. The highest BCUT2D eigenvalue weighted by molar-refractivity contribution is 7.89. The Hall–Kier alpha value is -2.49. The fraction of sp³-hybridized carbons (Fsp3) is 0.250. The Balaban J connectivity index is 2.42. The van der Waals surface area contributed by atoms with Crippen LogP contribution in [0.3, 0.4) is 0 Å². The van der Waals surface area contributed by atoms with Gasteiger partial charge >= 0.3 is 0 Å². The molecule has 0 aliphatic heterocycles. The number of nitrogens with one attached hydrogen (secondary N) is 1. The number of ether oxygens (including phenoxy) is 1. The van der Waals surface area contributed by atoms with Crippen molar-refractivity contribution in [2.75, 3.05) is 7.11 Å². The molecule has 2 rings (SSSR count). The molecule has 25 heavy (non-hydrogen) atoms. The van der Waals surface area contributed by atoms with Gasteiger partial charge in [-0.3, -0.25) is 15.0 Å². The second kappa shape index (κ2) is 8.06. The summed E-state index contributed by atoms with van der Waals surface area (Å²) in [4.78, 5) is 15.8. The summed E-state index contributed by atoms with van der Waals surface area (Å²) in [5.41, 5.74) is 2.10. The summed E-state index contributed by atoms with van der Waals surface area (Å²) < 4.78 is 32.0. The minimum absolute atomic E-state index is 0.00906. The van der Waals surface area contributed by atoms with E-state index < -0.39 is 22.0 Å². The van der Waals surface area contributed by atoms with Crippen LogP contribution in [0.5, 0.6) is 5.75 Å². The van der Waals surface area contributed by atoms with Crippen LogP contribution in [0.1, 0.15) is 12.5 Å². The molecule has 1 heterocycles. The third-order valence-electron chi connectivity index (χ3n) is 3.65. The van der Waals surface area contributed by atoms with Crippen molar-refractivity contribution in [3.8, 4) is 5.75 Å². The number of sulfonamides is 1. The molecule has 0 unspecified atom stereocenters. The molecular formula is C16H19N3O5S. The molecule has 2 N–H and O–H groups in total. The highest BCUT2D eigenvalue weighted by Gasteiger charge is 2.33. The van der Waals surface area contributed by atoms with Crippen LogP contribution >= 0.6 is 0 Å². The monoisotopic (exact) mass is 365 g/mol. The van der Waals surface area contributed by atoms with Gasteiger partial charge in [-0.05, 0) is 42.8 Å². The molecule has 2 aromatic rings. The molecule has 0 radical (unpaired) electrons. The largest absolute Gasteiger partial charge is 0.497 e. The highest BCUT2D eigenvalue weighted by Crippen LogP contribution is 2.23. The second-order valence-electron chi connectivity index (χ2n) is 5.24. The van der Waals surface area contributed by atoms with Gasteiger partial charge in [0, 0.05) is 18.9 Å². The SMILES string of the molecule is COc1ccc(S(=O)(=O)N(Cc2cccnc2)[C@@H](C)C(=O)NO)cc1.